The molecule has 0 spiro atoms. The molecule has 0 saturated heterocycles. The average Bonchev–Trinajstić information content (AvgIpc) is 2.44. The van der Waals surface area contributed by atoms with Crippen LogP contribution in [0.3, 0.4) is 0 Å². The highest BCUT2D eigenvalue weighted by molar-refractivity contribution is 5.97. The number of ether oxygens (including phenoxy) is 2. The van der Waals surface area contributed by atoms with Gasteiger partial charge in [0, 0.05) is 6.07 Å². The standard InChI is InChI=1S/C12H15F2NO4/c1-18-8-3-4-9(10(5-8)19-2)11(17)15-6-12(13,14)7-16/h3-5,16H,6-7H2,1-2H3,(H,15,17). The Morgan fingerprint density at radius 3 is 2.58 bits per heavy atom. The van der Waals surface area contributed by atoms with Crippen molar-refractivity contribution in [2.24, 2.45) is 0 Å². The summed E-state index contributed by atoms with van der Waals surface area (Å²) in [4.78, 5) is 11.7. The first-order valence-electron chi connectivity index (χ1n) is 5.42. The summed E-state index contributed by atoms with van der Waals surface area (Å²) in [7, 11) is 2.81. The van der Waals surface area contributed by atoms with Crippen LogP contribution in [0, 0.1) is 0 Å². The molecule has 1 rings (SSSR count). The third-order valence-corrected chi connectivity index (χ3v) is 2.39. The van der Waals surface area contributed by atoms with E-state index in [-0.39, 0.29) is 11.3 Å². The summed E-state index contributed by atoms with van der Waals surface area (Å²) < 4.78 is 35.6. The second kappa shape index (κ2) is 6.33. The number of aliphatic hydroxyl groups excluding tert-OH is 1. The highest BCUT2D eigenvalue weighted by Gasteiger charge is 2.28. The fourth-order valence-electron chi connectivity index (χ4n) is 1.35. The highest BCUT2D eigenvalue weighted by atomic mass is 19.3. The lowest BCUT2D eigenvalue weighted by atomic mass is 10.1. The van der Waals surface area contributed by atoms with Crippen LogP contribution in [0.15, 0.2) is 18.2 Å². The van der Waals surface area contributed by atoms with Crippen molar-refractivity contribution in [3.8, 4) is 11.5 Å². The summed E-state index contributed by atoms with van der Waals surface area (Å²) in [6, 6.07) is 4.39. The molecular formula is C12H15F2NO4. The van der Waals surface area contributed by atoms with Gasteiger partial charge in [0.15, 0.2) is 0 Å². The minimum atomic E-state index is -3.35. The van der Waals surface area contributed by atoms with E-state index < -0.39 is 25.0 Å². The third kappa shape index (κ3) is 4.06. The zero-order chi connectivity index (χ0) is 14.5. The number of hydrogen-bond acceptors (Lipinski definition) is 4. The minimum Gasteiger partial charge on any atom is -0.497 e. The predicted molar refractivity (Wildman–Crippen MR) is 63.9 cm³/mol. The number of hydrogen-bond donors (Lipinski definition) is 2. The molecule has 0 atom stereocenters. The maximum absolute atomic E-state index is 12.8. The van der Waals surface area contributed by atoms with Gasteiger partial charge >= 0.3 is 0 Å². The number of carbonyl (C=O) groups is 1. The molecule has 0 heterocycles. The van der Waals surface area contributed by atoms with E-state index in [4.69, 9.17) is 14.6 Å². The first-order chi connectivity index (χ1) is 8.93. The normalized spacial score (nSPS) is 11.0. The molecule has 0 radical (unpaired) electrons. The molecule has 2 N–H and O–H groups in total. The van der Waals surface area contributed by atoms with E-state index in [0.717, 1.165) is 0 Å². The number of carbonyl (C=O) groups excluding carboxylic acids is 1. The summed E-state index contributed by atoms with van der Waals surface area (Å²) >= 11 is 0. The molecule has 0 aliphatic carbocycles. The van der Waals surface area contributed by atoms with Crippen LogP contribution in [0.1, 0.15) is 10.4 Å². The lowest BCUT2D eigenvalue weighted by Gasteiger charge is -2.15. The Morgan fingerprint density at radius 1 is 1.37 bits per heavy atom. The molecular weight excluding hydrogens is 260 g/mol. The van der Waals surface area contributed by atoms with Gasteiger partial charge in [0.25, 0.3) is 11.8 Å². The van der Waals surface area contributed by atoms with Crippen LogP contribution in [-0.2, 0) is 0 Å². The van der Waals surface area contributed by atoms with Gasteiger partial charge in [-0.2, -0.15) is 0 Å². The number of benzene rings is 1. The van der Waals surface area contributed by atoms with Gasteiger partial charge in [0.1, 0.15) is 18.1 Å². The average molecular weight is 275 g/mol. The van der Waals surface area contributed by atoms with Crippen LogP contribution in [0.2, 0.25) is 0 Å². The van der Waals surface area contributed by atoms with Crippen molar-refractivity contribution in [3.05, 3.63) is 23.8 Å². The number of methoxy groups -OCH3 is 2. The largest absolute Gasteiger partial charge is 0.497 e. The Morgan fingerprint density at radius 2 is 2.05 bits per heavy atom. The maximum Gasteiger partial charge on any atom is 0.287 e. The number of alkyl halides is 2. The van der Waals surface area contributed by atoms with Crippen LogP contribution >= 0.6 is 0 Å². The third-order valence-electron chi connectivity index (χ3n) is 2.39. The highest BCUT2D eigenvalue weighted by Crippen LogP contribution is 2.24. The molecule has 0 aliphatic heterocycles. The Balaban J connectivity index is 2.82. The molecule has 0 unspecified atom stereocenters. The van der Waals surface area contributed by atoms with Gasteiger partial charge in [-0.25, -0.2) is 8.78 Å². The van der Waals surface area contributed by atoms with Crippen molar-refractivity contribution in [1.29, 1.82) is 0 Å². The predicted octanol–water partition coefficient (Wildman–Crippen LogP) is 1.06. The second-order valence-corrected chi connectivity index (χ2v) is 3.76. The molecule has 1 aromatic rings. The monoisotopic (exact) mass is 275 g/mol. The van der Waals surface area contributed by atoms with Crippen LogP contribution in [0.4, 0.5) is 8.78 Å². The van der Waals surface area contributed by atoms with E-state index in [1.54, 1.807) is 0 Å². The molecule has 0 bridgehead atoms. The fraction of sp³-hybridized carbons (Fsp3) is 0.417. The van der Waals surface area contributed by atoms with Crippen molar-refractivity contribution in [3.63, 3.8) is 0 Å². The quantitative estimate of drug-likeness (QED) is 0.814. The molecule has 1 aromatic carbocycles. The Bertz CT molecular complexity index is 451. The van der Waals surface area contributed by atoms with Crippen LogP contribution in [0.25, 0.3) is 0 Å². The number of aliphatic hydroxyl groups is 1. The van der Waals surface area contributed by atoms with E-state index >= 15 is 0 Å². The van der Waals surface area contributed by atoms with Crippen molar-refractivity contribution in [2.45, 2.75) is 5.92 Å². The summed E-state index contributed by atoms with van der Waals surface area (Å²) in [5.74, 6) is -3.37. The summed E-state index contributed by atoms with van der Waals surface area (Å²) in [6.45, 7) is -2.27. The van der Waals surface area contributed by atoms with E-state index in [2.05, 4.69) is 0 Å². The lowest BCUT2D eigenvalue weighted by Crippen LogP contribution is -2.39. The van der Waals surface area contributed by atoms with Gasteiger partial charge in [0.2, 0.25) is 0 Å². The van der Waals surface area contributed by atoms with Crippen molar-refractivity contribution in [1.82, 2.24) is 5.32 Å². The lowest BCUT2D eigenvalue weighted by molar-refractivity contribution is -0.0462. The maximum atomic E-state index is 12.8. The first-order valence-corrected chi connectivity index (χ1v) is 5.42. The van der Waals surface area contributed by atoms with Crippen LogP contribution < -0.4 is 14.8 Å². The Labute approximate surface area is 109 Å². The smallest absolute Gasteiger partial charge is 0.287 e. The van der Waals surface area contributed by atoms with Crippen molar-refractivity contribution in [2.75, 3.05) is 27.4 Å². The molecule has 0 aromatic heterocycles. The molecule has 5 nitrogen and oxygen atoms in total. The van der Waals surface area contributed by atoms with E-state index in [0.29, 0.717) is 5.75 Å². The minimum absolute atomic E-state index is 0.108. The summed E-state index contributed by atoms with van der Waals surface area (Å²) in [6.07, 6.45) is 0. The topological polar surface area (TPSA) is 67.8 Å². The SMILES string of the molecule is COc1ccc(C(=O)NCC(F)(F)CO)c(OC)c1. The zero-order valence-electron chi connectivity index (χ0n) is 10.6. The molecule has 19 heavy (non-hydrogen) atoms. The van der Waals surface area contributed by atoms with Gasteiger partial charge in [-0.15, -0.1) is 0 Å². The number of halogens is 2. The van der Waals surface area contributed by atoms with E-state index in [1.807, 2.05) is 5.32 Å². The molecule has 0 saturated carbocycles. The number of nitrogens with one attached hydrogen (secondary N) is 1. The second-order valence-electron chi connectivity index (χ2n) is 3.76. The Kier molecular flexibility index (Phi) is 5.05. The van der Waals surface area contributed by atoms with Gasteiger partial charge in [-0.05, 0) is 12.1 Å². The Hall–Kier alpha value is -1.89. The van der Waals surface area contributed by atoms with E-state index in [9.17, 15) is 13.6 Å². The van der Waals surface area contributed by atoms with Gasteiger partial charge in [-0.1, -0.05) is 0 Å². The number of rotatable bonds is 6. The van der Waals surface area contributed by atoms with E-state index in [1.165, 1.54) is 32.4 Å². The van der Waals surface area contributed by atoms with Crippen LogP contribution in [-0.4, -0.2) is 44.3 Å². The number of amides is 1. The molecule has 0 aliphatic rings. The van der Waals surface area contributed by atoms with Crippen LogP contribution in [0.5, 0.6) is 11.5 Å². The van der Waals surface area contributed by atoms with Crippen molar-refractivity contribution >= 4 is 5.91 Å². The molecule has 7 heteroatoms. The van der Waals surface area contributed by atoms with Gasteiger partial charge in [0.05, 0.1) is 26.3 Å². The van der Waals surface area contributed by atoms with Gasteiger partial charge < -0.3 is 19.9 Å². The fourth-order valence-corrected chi connectivity index (χ4v) is 1.35. The molecule has 1 amide bonds. The summed E-state index contributed by atoms with van der Waals surface area (Å²) in [5, 5.41) is 10.4. The van der Waals surface area contributed by atoms with Gasteiger partial charge in [-0.3, -0.25) is 4.79 Å². The summed E-state index contributed by atoms with van der Waals surface area (Å²) in [5.41, 5.74) is 0.108. The zero-order valence-corrected chi connectivity index (χ0v) is 10.6. The van der Waals surface area contributed by atoms with Crippen molar-refractivity contribution < 1.29 is 28.2 Å². The molecule has 0 fully saturated rings. The molecule has 106 valence electrons. The first kappa shape index (κ1) is 15.2.